The molecule has 1 amide bonds. The lowest BCUT2D eigenvalue weighted by Gasteiger charge is -2.17. The number of amides is 1. The van der Waals surface area contributed by atoms with Crippen molar-refractivity contribution in [1.29, 1.82) is 0 Å². The van der Waals surface area contributed by atoms with Gasteiger partial charge in [-0.25, -0.2) is 4.98 Å². The summed E-state index contributed by atoms with van der Waals surface area (Å²) in [5.74, 6) is -0.257. The van der Waals surface area contributed by atoms with E-state index in [9.17, 15) is 9.59 Å². The van der Waals surface area contributed by atoms with Crippen LogP contribution < -0.4 is 10.9 Å². The average Bonchev–Trinajstić information content (AvgIpc) is 3.05. The molecule has 0 unspecified atom stereocenters. The third-order valence-corrected chi connectivity index (χ3v) is 4.94. The number of carbonyl (C=O) groups excluding carboxylic acids is 1. The SMILES string of the molecule is Cc1ccc(C)c([C@@H](C)NC(=O)Cn2cnc3c(oc4ccccc43)c2=O)c1. The predicted molar refractivity (Wildman–Crippen MR) is 108 cm³/mol. The fourth-order valence-electron chi connectivity index (χ4n) is 3.47. The number of hydrogen-bond acceptors (Lipinski definition) is 4. The van der Waals surface area contributed by atoms with Crippen LogP contribution in [0.3, 0.4) is 0 Å². The highest BCUT2D eigenvalue weighted by molar-refractivity contribution is 6.01. The number of benzene rings is 2. The molecular weight excluding hydrogens is 354 g/mol. The van der Waals surface area contributed by atoms with Gasteiger partial charge in [0.1, 0.15) is 17.6 Å². The van der Waals surface area contributed by atoms with Crippen LogP contribution in [0.2, 0.25) is 0 Å². The molecule has 142 valence electrons. The van der Waals surface area contributed by atoms with E-state index in [4.69, 9.17) is 4.42 Å². The van der Waals surface area contributed by atoms with Gasteiger partial charge in [-0.1, -0.05) is 35.9 Å². The summed E-state index contributed by atoms with van der Waals surface area (Å²) < 4.78 is 6.93. The van der Waals surface area contributed by atoms with Crippen molar-refractivity contribution in [3.05, 3.63) is 75.8 Å². The molecule has 0 spiro atoms. The highest BCUT2D eigenvalue weighted by Gasteiger charge is 2.16. The van der Waals surface area contributed by atoms with Gasteiger partial charge >= 0.3 is 0 Å². The number of nitrogens with zero attached hydrogens (tertiary/aromatic N) is 2. The Morgan fingerprint density at radius 1 is 1.21 bits per heavy atom. The zero-order valence-corrected chi connectivity index (χ0v) is 16.0. The van der Waals surface area contributed by atoms with Gasteiger partial charge in [0.25, 0.3) is 5.56 Å². The van der Waals surface area contributed by atoms with Crippen molar-refractivity contribution >= 4 is 28.0 Å². The average molecular weight is 375 g/mol. The molecule has 6 nitrogen and oxygen atoms in total. The number of hydrogen-bond donors (Lipinski definition) is 1. The summed E-state index contributed by atoms with van der Waals surface area (Å²) >= 11 is 0. The van der Waals surface area contributed by atoms with Crippen LogP contribution in [0.25, 0.3) is 22.1 Å². The lowest BCUT2D eigenvalue weighted by atomic mass is 10.00. The van der Waals surface area contributed by atoms with Crippen molar-refractivity contribution in [3.63, 3.8) is 0 Å². The maximum absolute atomic E-state index is 12.7. The third kappa shape index (κ3) is 3.17. The highest BCUT2D eigenvalue weighted by Crippen LogP contribution is 2.24. The van der Waals surface area contributed by atoms with Crippen molar-refractivity contribution in [2.75, 3.05) is 0 Å². The molecule has 0 radical (unpaired) electrons. The van der Waals surface area contributed by atoms with Crippen molar-refractivity contribution in [2.24, 2.45) is 0 Å². The van der Waals surface area contributed by atoms with E-state index in [2.05, 4.69) is 16.4 Å². The summed E-state index contributed by atoms with van der Waals surface area (Å²) in [5, 5.41) is 3.74. The van der Waals surface area contributed by atoms with Gasteiger partial charge in [-0.2, -0.15) is 0 Å². The number of aryl methyl sites for hydroxylation is 2. The van der Waals surface area contributed by atoms with E-state index in [1.165, 1.54) is 10.9 Å². The summed E-state index contributed by atoms with van der Waals surface area (Å²) in [5.41, 5.74) is 4.23. The Balaban J connectivity index is 1.58. The van der Waals surface area contributed by atoms with Gasteiger partial charge in [-0.05, 0) is 44.0 Å². The highest BCUT2D eigenvalue weighted by atomic mass is 16.3. The summed E-state index contributed by atoms with van der Waals surface area (Å²) in [6, 6.07) is 13.3. The first kappa shape index (κ1) is 18.0. The van der Waals surface area contributed by atoms with Gasteiger partial charge in [-0.3, -0.25) is 14.2 Å². The first-order valence-electron chi connectivity index (χ1n) is 9.17. The van der Waals surface area contributed by atoms with Crippen molar-refractivity contribution in [1.82, 2.24) is 14.9 Å². The normalized spacial score (nSPS) is 12.4. The molecule has 2 aromatic heterocycles. The number of nitrogens with one attached hydrogen (secondary N) is 1. The van der Waals surface area contributed by atoms with Crippen molar-refractivity contribution < 1.29 is 9.21 Å². The topological polar surface area (TPSA) is 77.1 Å². The van der Waals surface area contributed by atoms with E-state index in [-0.39, 0.29) is 29.6 Å². The monoisotopic (exact) mass is 375 g/mol. The Morgan fingerprint density at radius 2 is 2.00 bits per heavy atom. The zero-order chi connectivity index (χ0) is 19.8. The maximum atomic E-state index is 12.7. The minimum absolute atomic E-state index is 0.117. The Morgan fingerprint density at radius 3 is 2.82 bits per heavy atom. The zero-order valence-electron chi connectivity index (χ0n) is 16.0. The Hall–Kier alpha value is -3.41. The Bertz CT molecular complexity index is 1250. The molecule has 2 heterocycles. The quantitative estimate of drug-likeness (QED) is 0.591. The molecule has 6 heteroatoms. The van der Waals surface area contributed by atoms with Crippen LogP contribution in [0.5, 0.6) is 0 Å². The smallest absolute Gasteiger partial charge is 0.297 e. The maximum Gasteiger partial charge on any atom is 0.297 e. The molecule has 0 aliphatic carbocycles. The number of rotatable bonds is 4. The van der Waals surface area contributed by atoms with Crippen LogP contribution >= 0.6 is 0 Å². The summed E-state index contributed by atoms with van der Waals surface area (Å²) in [6.07, 6.45) is 1.40. The second-order valence-corrected chi connectivity index (χ2v) is 7.10. The van der Waals surface area contributed by atoms with E-state index in [0.717, 1.165) is 22.1 Å². The third-order valence-electron chi connectivity index (χ3n) is 4.94. The van der Waals surface area contributed by atoms with Crippen LogP contribution in [0.1, 0.15) is 29.7 Å². The van der Waals surface area contributed by atoms with Crippen LogP contribution in [0, 0.1) is 13.8 Å². The van der Waals surface area contributed by atoms with Gasteiger partial charge in [0.2, 0.25) is 11.5 Å². The first-order valence-corrected chi connectivity index (χ1v) is 9.17. The van der Waals surface area contributed by atoms with Gasteiger partial charge in [0.05, 0.1) is 12.4 Å². The molecule has 2 aromatic carbocycles. The number of furan rings is 1. The fraction of sp³-hybridized carbons (Fsp3) is 0.227. The van der Waals surface area contributed by atoms with Crippen LogP contribution in [-0.2, 0) is 11.3 Å². The van der Waals surface area contributed by atoms with Gasteiger partial charge in [-0.15, -0.1) is 0 Å². The molecule has 0 saturated heterocycles. The minimum atomic E-state index is -0.365. The molecule has 0 aliphatic heterocycles. The largest absolute Gasteiger partial charge is 0.448 e. The van der Waals surface area contributed by atoms with Gasteiger partial charge in [0, 0.05) is 5.39 Å². The van der Waals surface area contributed by atoms with Gasteiger partial charge in [0.15, 0.2) is 0 Å². The number of fused-ring (bicyclic) bond motifs is 3. The van der Waals surface area contributed by atoms with E-state index in [1.54, 1.807) is 6.07 Å². The van der Waals surface area contributed by atoms with Crippen molar-refractivity contribution in [3.8, 4) is 0 Å². The number of aromatic nitrogens is 2. The molecule has 28 heavy (non-hydrogen) atoms. The van der Waals surface area contributed by atoms with Crippen LogP contribution in [0.4, 0.5) is 0 Å². The molecule has 1 N–H and O–H groups in total. The van der Waals surface area contributed by atoms with Crippen LogP contribution in [0.15, 0.2) is 58.0 Å². The molecule has 0 bridgehead atoms. The second-order valence-electron chi connectivity index (χ2n) is 7.10. The second kappa shape index (κ2) is 6.96. The lowest BCUT2D eigenvalue weighted by molar-refractivity contribution is -0.122. The minimum Gasteiger partial charge on any atom is -0.448 e. The first-order chi connectivity index (χ1) is 13.4. The standard InChI is InChI=1S/C22H21N3O3/c1-13-8-9-14(2)17(10-13)15(3)24-19(26)11-25-12-23-20-16-6-4-5-7-18(16)28-21(20)22(25)27/h4-10,12,15H,11H2,1-3H3,(H,24,26)/t15-/m1/s1. The van der Waals surface area contributed by atoms with Crippen LogP contribution in [-0.4, -0.2) is 15.5 Å². The lowest BCUT2D eigenvalue weighted by Crippen LogP contribution is -2.34. The molecule has 1 atom stereocenters. The predicted octanol–water partition coefficient (Wildman–Crippen LogP) is 3.64. The van der Waals surface area contributed by atoms with E-state index < -0.39 is 0 Å². The molecule has 4 aromatic rings. The van der Waals surface area contributed by atoms with E-state index >= 15 is 0 Å². The van der Waals surface area contributed by atoms with Gasteiger partial charge < -0.3 is 9.73 Å². The number of carbonyl (C=O) groups is 1. The van der Waals surface area contributed by atoms with E-state index in [0.29, 0.717) is 11.1 Å². The van der Waals surface area contributed by atoms with E-state index in [1.807, 2.05) is 51.1 Å². The summed E-state index contributed by atoms with van der Waals surface area (Å²) in [7, 11) is 0. The molecule has 0 aliphatic rings. The Labute approximate surface area is 161 Å². The molecule has 4 rings (SSSR count). The summed E-state index contributed by atoms with van der Waals surface area (Å²) in [4.78, 5) is 29.6. The number of para-hydroxylation sites is 1. The molecule has 0 saturated carbocycles. The molecular formula is C22H21N3O3. The van der Waals surface area contributed by atoms with Crippen molar-refractivity contribution in [2.45, 2.75) is 33.4 Å². The Kier molecular flexibility index (Phi) is 4.47. The summed E-state index contributed by atoms with van der Waals surface area (Å²) in [6.45, 7) is 5.85. The molecule has 0 fully saturated rings. The fourth-order valence-corrected chi connectivity index (χ4v) is 3.47.